The lowest BCUT2D eigenvalue weighted by Crippen LogP contribution is -2.55. The molecular formula is C15H26Cl2N2O3. The summed E-state index contributed by atoms with van der Waals surface area (Å²) in [6, 6.07) is 6.28. The number of aliphatic hydroxyl groups excluding tert-OH is 1. The van der Waals surface area contributed by atoms with Gasteiger partial charge >= 0.3 is 0 Å². The summed E-state index contributed by atoms with van der Waals surface area (Å²) < 4.78 is 10.6. The van der Waals surface area contributed by atoms with Crippen LogP contribution in [0.4, 0.5) is 0 Å². The summed E-state index contributed by atoms with van der Waals surface area (Å²) in [6.45, 7) is 4.51. The van der Waals surface area contributed by atoms with Crippen LogP contribution in [0.25, 0.3) is 0 Å². The van der Waals surface area contributed by atoms with Crippen LogP contribution in [0, 0.1) is 0 Å². The Balaban J connectivity index is 0.00000220. The normalized spacial score (nSPS) is 19.5. The fraction of sp³-hybridized carbons (Fsp3) is 0.600. The zero-order valence-electron chi connectivity index (χ0n) is 13.2. The first-order valence-corrected chi connectivity index (χ1v) is 7.01. The van der Waals surface area contributed by atoms with Gasteiger partial charge in [-0.2, -0.15) is 0 Å². The summed E-state index contributed by atoms with van der Waals surface area (Å²) >= 11 is 0. The molecule has 5 nitrogen and oxygen atoms in total. The number of nitrogens with one attached hydrogen (secondary N) is 1. The molecule has 0 radical (unpaired) electrons. The van der Waals surface area contributed by atoms with E-state index in [1.165, 1.54) is 5.56 Å². The first kappa shape index (κ1) is 21.3. The maximum atomic E-state index is 9.86. The van der Waals surface area contributed by atoms with E-state index in [0.717, 1.165) is 37.6 Å². The molecule has 0 spiro atoms. The lowest BCUT2D eigenvalue weighted by molar-refractivity contribution is -0.0219. The van der Waals surface area contributed by atoms with Crippen molar-refractivity contribution in [1.82, 2.24) is 10.2 Å². The Morgan fingerprint density at radius 1 is 1.27 bits per heavy atom. The molecule has 1 saturated heterocycles. The molecule has 1 aromatic carbocycles. The minimum absolute atomic E-state index is 0. The van der Waals surface area contributed by atoms with Crippen LogP contribution in [0.3, 0.4) is 0 Å². The standard InChI is InChI=1S/C15H24N2O3.2ClH/c1-11(18)17-7-6-16-10-13(17)8-12-4-5-14(19-2)15(9-12)20-3;;/h4-5,9,11,13,16,18H,6-8,10H2,1-3H3;2*1H. The predicted octanol–water partition coefficient (Wildman–Crippen LogP) is 1.70. The molecule has 0 bridgehead atoms. The number of methoxy groups -OCH3 is 2. The van der Waals surface area contributed by atoms with Crippen molar-refractivity contribution < 1.29 is 14.6 Å². The van der Waals surface area contributed by atoms with Gasteiger partial charge in [0.1, 0.15) is 6.23 Å². The Bertz CT molecular complexity index is 447. The largest absolute Gasteiger partial charge is 0.493 e. The monoisotopic (exact) mass is 352 g/mol. The van der Waals surface area contributed by atoms with Gasteiger partial charge in [-0.3, -0.25) is 4.90 Å². The van der Waals surface area contributed by atoms with E-state index in [4.69, 9.17) is 9.47 Å². The molecule has 1 aliphatic heterocycles. The number of hydrogen-bond donors (Lipinski definition) is 2. The molecule has 2 N–H and O–H groups in total. The third-order valence-corrected chi connectivity index (χ3v) is 3.79. The second-order valence-electron chi connectivity index (χ2n) is 5.12. The fourth-order valence-electron chi connectivity index (χ4n) is 2.74. The van der Waals surface area contributed by atoms with Crippen LogP contribution in [0.5, 0.6) is 11.5 Å². The van der Waals surface area contributed by atoms with E-state index in [0.29, 0.717) is 6.04 Å². The lowest BCUT2D eigenvalue weighted by atomic mass is 10.0. The van der Waals surface area contributed by atoms with Crippen LogP contribution in [-0.2, 0) is 6.42 Å². The third-order valence-electron chi connectivity index (χ3n) is 3.79. The highest BCUT2D eigenvalue weighted by Crippen LogP contribution is 2.28. The topological polar surface area (TPSA) is 54.0 Å². The minimum Gasteiger partial charge on any atom is -0.493 e. The van der Waals surface area contributed by atoms with Crippen molar-refractivity contribution in [2.24, 2.45) is 0 Å². The number of benzene rings is 1. The number of aliphatic hydroxyl groups is 1. The van der Waals surface area contributed by atoms with E-state index in [1.807, 2.05) is 19.1 Å². The van der Waals surface area contributed by atoms with Gasteiger partial charge < -0.3 is 19.9 Å². The van der Waals surface area contributed by atoms with Crippen molar-refractivity contribution in [1.29, 1.82) is 0 Å². The van der Waals surface area contributed by atoms with Gasteiger partial charge in [-0.25, -0.2) is 0 Å². The van der Waals surface area contributed by atoms with Crippen LogP contribution in [0.2, 0.25) is 0 Å². The Hall–Kier alpha value is -0.720. The number of rotatable bonds is 5. The molecule has 0 aliphatic carbocycles. The van der Waals surface area contributed by atoms with E-state index < -0.39 is 6.23 Å². The van der Waals surface area contributed by atoms with Gasteiger partial charge in [-0.15, -0.1) is 24.8 Å². The third kappa shape index (κ3) is 5.18. The molecule has 128 valence electrons. The molecule has 0 saturated carbocycles. The van der Waals surface area contributed by atoms with Crippen LogP contribution in [0.15, 0.2) is 18.2 Å². The van der Waals surface area contributed by atoms with Crippen molar-refractivity contribution >= 4 is 24.8 Å². The summed E-state index contributed by atoms with van der Waals surface area (Å²) in [5, 5.41) is 13.2. The SMILES string of the molecule is COc1ccc(CC2CNCCN2C(C)O)cc1OC.Cl.Cl. The van der Waals surface area contributed by atoms with E-state index in [9.17, 15) is 5.11 Å². The molecule has 2 rings (SSSR count). The maximum Gasteiger partial charge on any atom is 0.160 e. The molecule has 2 atom stereocenters. The highest BCUT2D eigenvalue weighted by molar-refractivity contribution is 5.85. The zero-order valence-corrected chi connectivity index (χ0v) is 14.9. The summed E-state index contributed by atoms with van der Waals surface area (Å²) in [5.41, 5.74) is 1.18. The summed E-state index contributed by atoms with van der Waals surface area (Å²) in [5.74, 6) is 1.49. The molecule has 0 aromatic heterocycles. The first-order valence-electron chi connectivity index (χ1n) is 7.01. The molecule has 1 fully saturated rings. The van der Waals surface area contributed by atoms with E-state index >= 15 is 0 Å². The van der Waals surface area contributed by atoms with Crippen LogP contribution >= 0.6 is 24.8 Å². The smallest absolute Gasteiger partial charge is 0.160 e. The molecule has 1 aliphatic rings. The van der Waals surface area contributed by atoms with Gasteiger partial charge in [0.25, 0.3) is 0 Å². The van der Waals surface area contributed by atoms with Crippen molar-refractivity contribution in [3.05, 3.63) is 23.8 Å². The van der Waals surface area contributed by atoms with Gasteiger partial charge in [0, 0.05) is 25.7 Å². The summed E-state index contributed by atoms with van der Waals surface area (Å²) in [7, 11) is 3.28. The Morgan fingerprint density at radius 3 is 2.55 bits per heavy atom. The average molecular weight is 353 g/mol. The Morgan fingerprint density at radius 2 is 1.95 bits per heavy atom. The quantitative estimate of drug-likeness (QED) is 0.844. The van der Waals surface area contributed by atoms with Crippen LogP contribution < -0.4 is 14.8 Å². The highest BCUT2D eigenvalue weighted by atomic mass is 35.5. The molecular weight excluding hydrogens is 327 g/mol. The minimum atomic E-state index is -0.415. The zero-order chi connectivity index (χ0) is 14.5. The maximum absolute atomic E-state index is 9.86. The molecule has 2 unspecified atom stereocenters. The van der Waals surface area contributed by atoms with Crippen molar-refractivity contribution in [2.75, 3.05) is 33.9 Å². The predicted molar refractivity (Wildman–Crippen MR) is 92.8 cm³/mol. The summed E-state index contributed by atoms with van der Waals surface area (Å²) in [6.07, 6.45) is 0.459. The Labute approximate surface area is 144 Å². The number of nitrogens with zero attached hydrogens (tertiary/aromatic N) is 1. The number of hydrogen-bond acceptors (Lipinski definition) is 5. The second-order valence-corrected chi connectivity index (χ2v) is 5.12. The number of piperazine rings is 1. The second kappa shape index (κ2) is 10.1. The van der Waals surface area contributed by atoms with Gasteiger partial charge in [0.15, 0.2) is 11.5 Å². The van der Waals surface area contributed by atoms with Gasteiger partial charge in [0.2, 0.25) is 0 Å². The molecule has 0 amide bonds. The molecule has 22 heavy (non-hydrogen) atoms. The lowest BCUT2D eigenvalue weighted by Gasteiger charge is -2.38. The number of halogens is 2. The van der Waals surface area contributed by atoms with Crippen molar-refractivity contribution in [2.45, 2.75) is 25.6 Å². The van der Waals surface area contributed by atoms with Crippen molar-refractivity contribution in [3.63, 3.8) is 0 Å². The highest BCUT2D eigenvalue weighted by Gasteiger charge is 2.25. The van der Waals surface area contributed by atoms with Gasteiger partial charge in [0.05, 0.1) is 14.2 Å². The summed E-state index contributed by atoms with van der Waals surface area (Å²) in [4.78, 5) is 2.13. The van der Waals surface area contributed by atoms with Crippen LogP contribution in [0.1, 0.15) is 12.5 Å². The van der Waals surface area contributed by atoms with E-state index in [2.05, 4.69) is 16.3 Å². The van der Waals surface area contributed by atoms with E-state index in [-0.39, 0.29) is 24.8 Å². The van der Waals surface area contributed by atoms with Gasteiger partial charge in [-0.1, -0.05) is 6.07 Å². The first-order chi connectivity index (χ1) is 9.65. The van der Waals surface area contributed by atoms with Crippen LogP contribution in [-0.4, -0.2) is 56.1 Å². The molecule has 7 heteroatoms. The fourth-order valence-corrected chi connectivity index (χ4v) is 2.74. The van der Waals surface area contributed by atoms with Crippen molar-refractivity contribution in [3.8, 4) is 11.5 Å². The average Bonchev–Trinajstić information content (AvgIpc) is 2.47. The molecule has 1 heterocycles. The molecule has 1 aromatic rings. The Kier molecular flexibility index (Phi) is 9.80. The van der Waals surface area contributed by atoms with Gasteiger partial charge in [-0.05, 0) is 31.0 Å². The number of ether oxygens (including phenoxy) is 2. The van der Waals surface area contributed by atoms with E-state index in [1.54, 1.807) is 14.2 Å².